The molecule has 0 radical (unpaired) electrons. The lowest BCUT2D eigenvalue weighted by molar-refractivity contribution is -0.153. The number of ether oxygens (including phenoxy) is 2. The number of hydrogen-bond donors (Lipinski definition) is 1. The third-order valence-corrected chi connectivity index (χ3v) is 3.65. The van der Waals surface area contributed by atoms with Crippen LogP contribution in [0.15, 0.2) is 48.5 Å². The summed E-state index contributed by atoms with van der Waals surface area (Å²) in [5.41, 5.74) is 2.69. The summed E-state index contributed by atoms with van der Waals surface area (Å²) in [7, 11) is 3.88. The molecule has 2 aromatic rings. The molecule has 138 valence electrons. The van der Waals surface area contributed by atoms with Gasteiger partial charge in [0.05, 0.1) is 0 Å². The molecule has 2 aromatic carbocycles. The first-order valence-corrected chi connectivity index (χ1v) is 8.32. The van der Waals surface area contributed by atoms with E-state index in [2.05, 4.69) is 5.32 Å². The summed E-state index contributed by atoms with van der Waals surface area (Å²) < 4.78 is 10.6. The number of hydrogen-bond acceptors (Lipinski definition) is 5. The van der Waals surface area contributed by atoms with Crippen LogP contribution in [-0.2, 0) is 14.3 Å². The van der Waals surface area contributed by atoms with Crippen molar-refractivity contribution in [3.05, 3.63) is 54.1 Å². The standard InChI is InChI=1S/C20H24N2O4/c1-14-6-5-7-18(12-14)26-15(2)20(24)25-13-19(23)21-16-8-10-17(11-9-16)22(3)4/h5-12,15H,13H2,1-4H3,(H,21,23)/t15-/m1/s1. The Morgan fingerprint density at radius 1 is 1.12 bits per heavy atom. The van der Waals surface area contributed by atoms with Crippen molar-refractivity contribution in [2.75, 3.05) is 30.9 Å². The van der Waals surface area contributed by atoms with Crippen LogP contribution in [0.1, 0.15) is 12.5 Å². The number of aryl methyl sites for hydroxylation is 1. The van der Waals surface area contributed by atoms with Crippen molar-refractivity contribution in [2.24, 2.45) is 0 Å². The zero-order chi connectivity index (χ0) is 19.1. The molecule has 0 heterocycles. The number of nitrogens with zero attached hydrogens (tertiary/aromatic N) is 1. The van der Waals surface area contributed by atoms with Gasteiger partial charge in [0.25, 0.3) is 5.91 Å². The van der Waals surface area contributed by atoms with Gasteiger partial charge in [0, 0.05) is 25.5 Å². The largest absolute Gasteiger partial charge is 0.479 e. The molecule has 26 heavy (non-hydrogen) atoms. The first-order valence-electron chi connectivity index (χ1n) is 8.32. The second-order valence-electron chi connectivity index (χ2n) is 6.17. The van der Waals surface area contributed by atoms with Crippen LogP contribution in [0.4, 0.5) is 11.4 Å². The number of nitrogens with one attached hydrogen (secondary N) is 1. The molecular weight excluding hydrogens is 332 g/mol. The lowest BCUT2D eigenvalue weighted by atomic mass is 10.2. The molecule has 1 atom stereocenters. The maximum Gasteiger partial charge on any atom is 0.347 e. The van der Waals surface area contributed by atoms with E-state index in [4.69, 9.17) is 9.47 Å². The average Bonchev–Trinajstić information content (AvgIpc) is 2.60. The third-order valence-electron chi connectivity index (χ3n) is 3.65. The summed E-state index contributed by atoms with van der Waals surface area (Å²) in [6.07, 6.45) is -0.802. The summed E-state index contributed by atoms with van der Waals surface area (Å²) in [4.78, 5) is 25.9. The maximum absolute atomic E-state index is 12.0. The molecule has 6 heteroatoms. The highest BCUT2D eigenvalue weighted by Gasteiger charge is 2.18. The van der Waals surface area contributed by atoms with Crippen molar-refractivity contribution in [3.63, 3.8) is 0 Å². The SMILES string of the molecule is Cc1cccc(O[C@H](C)C(=O)OCC(=O)Nc2ccc(N(C)C)cc2)c1. The quantitative estimate of drug-likeness (QED) is 0.773. The summed E-state index contributed by atoms with van der Waals surface area (Å²) in [5, 5.41) is 2.68. The lowest BCUT2D eigenvalue weighted by Crippen LogP contribution is -2.29. The Morgan fingerprint density at radius 2 is 1.81 bits per heavy atom. The van der Waals surface area contributed by atoms with E-state index in [0.717, 1.165) is 11.3 Å². The summed E-state index contributed by atoms with van der Waals surface area (Å²) in [6.45, 7) is 3.16. The molecule has 0 bridgehead atoms. The van der Waals surface area contributed by atoms with Crippen LogP contribution >= 0.6 is 0 Å². The lowest BCUT2D eigenvalue weighted by Gasteiger charge is -2.15. The molecule has 0 aliphatic carbocycles. The van der Waals surface area contributed by atoms with E-state index in [0.29, 0.717) is 11.4 Å². The number of carbonyl (C=O) groups is 2. The summed E-state index contributed by atoms with van der Waals surface area (Å²) >= 11 is 0. The average molecular weight is 356 g/mol. The van der Waals surface area contributed by atoms with Gasteiger partial charge in [-0.05, 0) is 55.8 Å². The summed E-state index contributed by atoms with van der Waals surface area (Å²) in [5.74, 6) is -0.414. The van der Waals surface area contributed by atoms with Gasteiger partial charge in [0.2, 0.25) is 0 Å². The minimum atomic E-state index is -0.802. The fourth-order valence-corrected chi connectivity index (χ4v) is 2.23. The van der Waals surface area contributed by atoms with Crippen molar-refractivity contribution in [1.29, 1.82) is 0 Å². The Balaban J connectivity index is 1.79. The molecule has 0 aliphatic rings. The minimum Gasteiger partial charge on any atom is -0.479 e. The Bertz CT molecular complexity index is 757. The Kier molecular flexibility index (Phi) is 6.60. The van der Waals surface area contributed by atoms with Gasteiger partial charge in [-0.15, -0.1) is 0 Å². The normalized spacial score (nSPS) is 11.4. The van der Waals surface area contributed by atoms with Gasteiger partial charge in [0.15, 0.2) is 12.7 Å². The van der Waals surface area contributed by atoms with Gasteiger partial charge in [0.1, 0.15) is 5.75 Å². The second kappa shape index (κ2) is 8.89. The van der Waals surface area contributed by atoms with Crippen LogP contribution in [0.25, 0.3) is 0 Å². The van der Waals surface area contributed by atoms with Crippen molar-refractivity contribution in [3.8, 4) is 5.75 Å². The highest BCUT2D eigenvalue weighted by atomic mass is 16.6. The minimum absolute atomic E-state index is 0.365. The maximum atomic E-state index is 12.0. The van der Waals surface area contributed by atoms with E-state index in [1.807, 2.05) is 56.3 Å². The van der Waals surface area contributed by atoms with Crippen LogP contribution in [0, 0.1) is 6.92 Å². The predicted molar refractivity (Wildman–Crippen MR) is 102 cm³/mol. The molecule has 0 saturated carbocycles. The van der Waals surface area contributed by atoms with Crippen molar-refractivity contribution in [1.82, 2.24) is 0 Å². The fourth-order valence-electron chi connectivity index (χ4n) is 2.23. The molecule has 6 nitrogen and oxygen atoms in total. The van der Waals surface area contributed by atoms with Gasteiger partial charge in [-0.3, -0.25) is 4.79 Å². The number of anilines is 2. The smallest absolute Gasteiger partial charge is 0.347 e. The van der Waals surface area contributed by atoms with E-state index in [9.17, 15) is 9.59 Å². The molecule has 1 N–H and O–H groups in total. The van der Waals surface area contributed by atoms with Gasteiger partial charge in [-0.1, -0.05) is 12.1 Å². The predicted octanol–water partition coefficient (Wildman–Crippen LogP) is 3.01. The van der Waals surface area contributed by atoms with E-state index in [1.54, 1.807) is 25.1 Å². The van der Waals surface area contributed by atoms with E-state index in [-0.39, 0.29) is 6.61 Å². The van der Waals surface area contributed by atoms with Crippen molar-refractivity contribution < 1.29 is 19.1 Å². The fraction of sp³-hybridized carbons (Fsp3) is 0.300. The van der Waals surface area contributed by atoms with E-state index >= 15 is 0 Å². The first-order chi connectivity index (χ1) is 12.3. The number of benzene rings is 2. The molecule has 0 spiro atoms. The molecule has 0 unspecified atom stereocenters. The highest BCUT2D eigenvalue weighted by molar-refractivity contribution is 5.93. The Hall–Kier alpha value is -3.02. The number of esters is 1. The zero-order valence-electron chi connectivity index (χ0n) is 15.5. The van der Waals surface area contributed by atoms with E-state index in [1.165, 1.54) is 0 Å². The van der Waals surface area contributed by atoms with Gasteiger partial charge in [-0.2, -0.15) is 0 Å². The van der Waals surface area contributed by atoms with Crippen molar-refractivity contribution in [2.45, 2.75) is 20.0 Å². The highest BCUT2D eigenvalue weighted by Crippen LogP contribution is 2.16. The zero-order valence-corrected chi connectivity index (χ0v) is 15.5. The molecule has 0 aliphatic heterocycles. The van der Waals surface area contributed by atoms with Gasteiger partial charge in [-0.25, -0.2) is 4.79 Å². The second-order valence-corrected chi connectivity index (χ2v) is 6.17. The molecule has 0 aromatic heterocycles. The summed E-state index contributed by atoms with van der Waals surface area (Å²) in [6, 6.07) is 14.7. The van der Waals surface area contributed by atoms with Crippen LogP contribution in [0.5, 0.6) is 5.75 Å². The molecule has 0 saturated heterocycles. The first kappa shape index (κ1) is 19.3. The van der Waals surface area contributed by atoms with Crippen LogP contribution in [0.2, 0.25) is 0 Å². The third kappa shape index (κ3) is 5.81. The Morgan fingerprint density at radius 3 is 2.42 bits per heavy atom. The topological polar surface area (TPSA) is 67.9 Å². The Labute approximate surface area is 153 Å². The van der Waals surface area contributed by atoms with E-state index < -0.39 is 18.0 Å². The van der Waals surface area contributed by atoms with Crippen molar-refractivity contribution >= 4 is 23.3 Å². The van der Waals surface area contributed by atoms with Crippen LogP contribution in [-0.4, -0.2) is 38.7 Å². The molecule has 2 rings (SSSR count). The number of amides is 1. The van der Waals surface area contributed by atoms with Gasteiger partial charge >= 0.3 is 5.97 Å². The van der Waals surface area contributed by atoms with Gasteiger partial charge < -0.3 is 19.7 Å². The number of rotatable bonds is 7. The van der Waals surface area contributed by atoms with Crippen LogP contribution in [0.3, 0.4) is 0 Å². The van der Waals surface area contributed by atoms with Crippen LogP contribution < -0.4 is 15.0 Å². The monoisotopic (exact) mass is 356 g/mol. The molecular formula is C20H24N2O4. The molecule has 1 amide bonds. The molecule has 0 fully saturated rings. The number of carbonyl (C=O) groups excluding carboxylic acids is 2.